The third-order valence-corrected chi connectivity index (χ3v) is 6.00. The van der Waals surface area contributed by atoms with Gasteiger partial charge >= 0.3 is 6.01 Å². The minimum atomic E-state index is -3.18. The molecule has 0 unspecified atom stereocenters. The predicted octanol–water partition coefficient (Wildman–Crippen LogP) is 0.434. The minimum absolute atomic E-state index is 0.00996. The molecular formula is C15H15N5O6S. The molecule has 4 heterocycles. The van der Waals surface area contributed by atoms with Gasteiger partial charge in [-0.1, -0.05) is 5.10 Å². The first-order valence-electron chi connectivity index (χ1n) is 8.20. The van der Waals surface area contributed by atoms with Crippen LogP contribution in [0, 0.1) is 0 Å². The number of sulfone groups is 1. The number of carbonyl (C=O) groups excluding carboxylic acids is 2. The van der Waals surface area contributed by atoms with Gasteiger partial charge < -0.3 is 8.83 Å². The van der Waals surface area contributed by atoms with Crippen molar-refractivity contribution < 1.29 is 26.8 Å². The Kier molecular flexibility index (Phi) is 4.26. The lowest BCUT2D eigenvalue weighted by atomic mass is 10.1. The molecule has 142 valence electrons. The van der Waals surface area contributed by atoms with Gasteiger partial charge in [0.2, 0.25) is 5.91 Å². The maximum Gasteiger partial charge on any atom is 0.322 e. The second-order valence-corrected chi connectivity index (χ2v) is 8.41. The van der Waals surface area contributed by atoms with Crippen LogP contribution in [0.5, 0.6) is 0 Å². The van der Waals surface area contributed by atoms with E-state index in [9.17, 15) is 18.0 Å². The zero-order valence-corrected chi connectivity index (χ0v) is 14.8. The van der Waals surface area contributed by atoms with Crippen molar-refractivity contribution in [2.75, 3.05) is 16.8 Å². The van der Waals surface area contributed by atoms with E-state index in [-0.39, 0.29) is 47.9 Å². The van der Waals surface area contributed by atoms with E-state index >= 15 is 0 Å². The Hall–Kier alpha value is -3.02. The fraction of sp³-hybridized carbons (Fsp3) is 0.400. The summed E-state index contributed by atoms with van der Waals surface area (Å²) in [5.74, 6) is -0.566. The summed E-state index contributed by atoms with van der Waals surface area (Å²) < 4.78 is 33.7. The van der Waals surface area contributed by atoms with Crippen molar-refractivity contribution >= 4 is 33.4 Å². The first kappa shape index (κ1) is 17.4. The molecule has 0 bridgehead atoms. The van der Waals surface area contributed by atoms with Crippen molar-refractivity contribution in [1.29, 1.82) is 0 Å². The summed E-state index contributed by atoms with van der Waals surface area (Å²) in [6.07, 6.45) is 1.97. The third-order valence-electron chi connectivity index (χ3n) is 4.25. The van der Waals surface area contributed by atoms with Crippen LogP contribution in [0.4, 0.5) is 6.01 Å². The standard InChI is InChI=1S/C15H15N5O6S/c21-12-4-3-10(19-20(12)9-5-7-27(23,24)8-9)13(22)16-15-18-17-14(26-15)11-2-1-6-25-11/h1-2,6,9H,3-5,7-8H2,(H,16,18,22)/t9-/m1/s1. The number of hydrazone groups is 1. The van der Waals surface area contributed by atoms with Crippen LogP contribution in [0.3, 0.4) is 0 Å². The molecule has 1 N–H and O–H groups in total. The van der Waals surface area contributed by atoms with E-state index in [4.69, 9.17) is 8.83 Å². The molecular weight excluding hydrogens is 378 g/mol. The summed E-state index contributed by atoms with van der Waals surface area (Å²) in [5, 5.41) is 15.1. The topological polar surface area (TPSA) is 148 Å². The number of furan rings is 1. The number of carbonyl (C=O) groups is 2. The summed E-state index contributed by atoms with van der Waals surface area (Å²) >= 11 is 0. The van der Waals surface area contributed by atoms with E-state index in [0.717, 1.165) is 5.01 Å². The average molecular weight is 393 g/mol. The molecule has 2 aromatic rings. The zero-order valence-electron chi connectivity index (χ0n) is 14.0. The quantitative estimate of drug-likeness (QED) is 0.786. The summed E-state index contributed by atoms with van der Waals surface area (Å²) in [6, 6.07) is 2.60. The monoisotopic (exact) mass is 393 g/mol. The lowest BCUT2D eigenvalue weighted by Crippen LogP contribution is -2.42. The summed E-state index contributed by atoms with van der Waals surface area (Å²) in [5.41, 5.74) is 0.0941. The molecule has 2 amide bonds. The second-order valence-electron chi connectivity index (χ2n) is 6.19. The Morgan fingerprint density at radius 1 is 1.30 bits per heavy atom. The molecule has 1 saturated heterocycles. The number of hydrogen-bond acceptors (Lipinski definition) is 9. The maximum atomic E-state index is 12.4. The molecule has 2 aliphatic heterocycles. The van der Waals surface area contributed by atoms with Gasteiger partial charge in [-0.3, -0.25) is 14.9 Å². The zero-order chi connectivity index (χ0) is 19.0. The molecule has 1 atom stereocenters. The van der Waals surface area contributed by atoms with Crippen molar-refractivity contribution in [3.63, 3.8) is 0 Å². The fourth-order valence-electron chi connectivity index (χ4n) is 2.93. The summed E-state index contributed by atoms with van der Waals surface area (Å²) in [4.78, 5) is 24.5. The largest absolute Gasteiger partial charge is 0.459 e. The van der Waals surface area contributed by atoms with Gasteiger partial charge in [-0.2, -0.15) is 5.10 Å². The first-order chi connectivity index (χ1) is 12.9. The summed E-state index contributed by atoms with van der Waals surface area (Å²) in [7, 11) is -3.18. The molecule has 0 aromatic carbocycles. The van der Waals surface area contributed by atoms with Gasteiger partial charge in [0.15, 0.2) is 15.6 Å². The van der Waals surface area contributed by atoms with Gasteiger partial charge in [-0.15, -0.1) is 5.10 Å². The minimum Gasteiger partial charge on any atom is -0.459 e. The molecule has 12 heteroatoms. The molecule has 1 fully saturated rings. The normalized spacial score (nSPS) is 21.9. The number of anilines is 1. The van der Waals surface area contributed by atoms with Gasteiger partial charge in [-0.25, -0.2) is 13.4 Å². The van der Waals surface area contributed by atoms with Gasteiger partial charge in [-0.05, 0) is 18.6 Å². The van der Waals surface area contributed by atoms with Crippen LogP contribution in [-0.4, -0.2) is 58.7 Å². The Morgan fingerprint density at radius 2 is 2.15 bits per heavy atom. The predicted molar refractivity (Wildman–Crippen MR) is 91.2 cm³/mol. The van der Waals surface area contributed by atoms with E-state index < -0.39 is 21.8 Å². The highest BCUT2D eigenvalue weighted by molar-refractivity contribution is 7.91. The summed E-state index contributed by atoms with van der Waals surface area (Å²) in [6.45, 7) is 0. The molecule has 2 aliphatic rings. The Balaban J connectivity index is 1.48. The number of amides is 2. The van der Waals surface area contributed by atoms with Crippen LogP contribution in [0.2, 0.25) is 0 Å². The molecule has 0 aliphatic carbocycles. The third kappa shape index (κ3) is 3.60. The van der Waals surface area contributed by atoms with Crippen LogP contribution in [-0.2, 0) is 19.4 Å². The fourth-order valence-corrected chi connectivity index (χ4v) is 4.62. The van der Waals surface area contributed by atoms with Gasteiger partial charge in [0.25, 0.3) is 11.8 Å². The Morgan fingerprint density at radius 3 is 2.85 bits per heavy atom. The molecule has 0 saturated carbocycles. The Labute approximate surface area is 153 Å². The van der Waals surface area contributed by atoms with Gasteiger partial charge in [0.1, 0.15) is 5.71 Å². The molecule has 2 aromatic heterocycles. The highest BCUT2D eigenvalue weighted by Gasteiger charge is 2.37. The number of nitrogens with zero attached hydrogens (tertiary/aromatic N) is 4. The van der Waals surface area contributed by atoms with E-state index in [2.05, 4.69) is 20.6 Å². The van der Waals surface area contributed by atoms with Crippen molar-refractivity contribution in [2.24, 2.45) is 5.10 Å². The SMILES string of the molecule is O=C(Nc1nnc(-c2ccco2)o1)C1=NN([C@@H]2CCS(=O)(=O)C2)C(=O)CC1. The van der Waals surface area contributed by atoms with E-state index in [1.54, 1.807) is 12.1 Å². The van der Waals surface area contributed by atoms with Crippen LogP contribution >= 0.6 is 0 Å². The molecule has 27 heavy (non-hydrogen) atoms. The van der Waals surface area contributed by atoms with E-state index in [0.29, 0.717) is 12.2 Å². The van der Waals surface area contributed by atoms with Crippen molar-refractivity contribution in [3.8, 4) is 11.7 Å². The van der Waals surface area contributed by atoms with Gasteiger partial charge in [0.05, 0.1) is 23.8 Å². The van der Waals surface area contributed by atoms with Crippen LogP contribution < -0.4 is 5.32 Å². The maximum absolute atomic E-state index is 12.4. The number of aromatic nitrogens is 2. The van der Waals surface area contributed by atoms with E-state index in [1.165, 1.54) is 6.26 Å². The highest BCUT2D eigenvalue weighted by atomic mass is 32.2. The van der Waals surface area contributed by atoms with Crippen LogP contribution in [0.1, 0.15) is 19.3 Å². The first-order valence-corrected chi connectivity index (χ1v) is 10.0. The molecule has 11 nitrogen and oxygen atoms in total. The lowest BCUT2D eigenvalue weighted by Gasteiger charge is -2.27. The van der Waals surface area contributed by atoms with Crippen LogP contribution in [0.25, 0.3) is 11.7 Å². The van der Waals surface area contributed by atoms with Crippen molar-refractivity contribution in [1.82, 2.24) is 15.2 Å². The van der Waals surface area contributed by atoms with Crippen molar-refractivity contribution in [2.45, 2.75) is 25.3 Å². The number of rotatable bonds is 4. The highest BCUT2D eigenvalue weighted by Crippen LogP contribution is 2.23. The molecule has 0 spiro atoms. The smallest absolute Gasteiger partial charge is 0.322 e. The molecule has 4 rings (SSSR count). The number of hydrogen-bond donors (Lipinski definition) is 1. The van der Waals surface area contributed by atoms with E-state index in [1.807, 2.05) is 0 Å². The average Bonchev–Trinajstić information content (AvgIpc) is 3.35. The van der Waals surface area contributed by atoms with Crippen LogP contribution in [0.15, 0.2) is 32.3 Å². The lowest BCUT2D eigenvalue weighted by molar-refractivity contribution is -0.133. The second kappa shape index (κ2) is 6.61. The Bertz CT molecular complexity index is 1010. The molecule has 0 radical (unpaired) electrons. The number of nitrogens with one attached hydrogen (secondary N) is 1. The van der Waals surface area contributed by atoms with Crippen molar-refractivity contribution in [3.05, 3.63) is 18.4 Å². The van der Waals surface area contributed by atoms with Gasteiger partial charge in [0, 0.05) is 12.8 Å².